The molecular formula is C20H22N4O5S. The lowest BCUT2D eigenvalue weighted by Crippen LogP contribution is -2.52. The summed E-state index contributed by atoms with van der Waals surface area (Å²) >= 11 is 1.44. The van der Waals surface area contributed by atoms with Gasteiger partial charge in [0, 0.05) is 35.7 Å². The van der Waals surface area contributed by atoms with Gasteiger partial charge >= 0.3 is 0 Å². The van der Waals surface area contributed by atoms with Gasteiger partial charge in [-0.25, -0.2) is 0 Å². The largest absolute Gasteiger partial charge is 0.390 e. The number of rotatable bonds is 7. The number of carbonyl (C=O) groups is 3. The lowest BCUT2D eigenvalue weighted by molar-refractivity contribution is -0.125. The van der Waals surface area contributed by atoms with Crippen molar-refractivity contribution in [3.8, 4) is 0 Å². The normalized spacial score (nSPS) is 21.9. The molecule has 158 valence electrons. The van der Waals surface area contributed by atoms with Crippen molar-refractivity contribution in [1.29, 1.82) is 0 Å². The maximum atomic E-state index is 12.7. The minimum atomic E-state index is -1.29. The van der Waals surface area contributed by atoms with E-state index in [1.165, 1.54) is 29.8 Å². The molecule has 6 N–H and O–H groups in total. The van der Waals surface area contributed by atoms with Crippen LogP contribution in [0.4, 0.5) is 0 Å². The van der Waals surface area contributed by atoms with Gasteiger partial charge in [0.25, 0.3) is 5.91 Å². The Morgan fingerprint density at radius 3 is 2.67 bits per heavy atom. The number of pyridine rings is 1. The van der Waals surface area contributed by atoms with Gasteiger partial charge in [0.1, 0.15) is 12.1 Å². The van der Waals surface area contributed by atoms with E-state index in [0.717, 1.165) is 4.88 Å². The van der Waals surface area contributed by atoms with Gasteiger partial charge in [-0.05, 0) is 23.6 Å². The molecule has 0 aliphatic heterocycles. The van der Waals surface area contributed by atoms with E-state index in [1.54, 1.807) is 12.1 Å². The number of thiophene rings is 1. The molecule has 3 rings (SSSR count). The third-order valence-electron chi connectivity index (χ3n) is 4.72. The average Bonchev–Trinajstić information content (AvgIpc) is 3.24. The van der Waals surface area contributed by atoms with Crippen molar-refractivity contribution in [3.05, 3.63) is 64.1 Å². The minimum absolute atomic E-state index is 0.128. The number of hydrogen-bond acceptors (Lipinski definition) is 7. The van der Waals surface area contributed by atoms with Crippen LogP contribution in [0, 0.1) is 0 Å². The van der Waals surface area contributed by atoms with E-state index >= 15 is 0 Å². The summed E-state index contributed by atoms with van der Waals surface area (Å²) in [5.74, 6) is -1.79. The molecule has 0 radical (unpaired) electrons. The minimum Gasteiger partial charge on any atom is -0.390 e. The van der Waals surface area contributed by atoms with Crippen molar-refractivity contribution in [2.45, 2.75) is 37.1 Å². The number of nitrogens with two attached hydrogens (primary N) is 1. The summed E-state index contributed by atoms with van der Waals surface area (Å²) in [7, 11) is 0. The van der Waals surface area contributed by atoms with E-state index in [2.05, 4.69) is 15.6 Å². The Labute approximate surface area is 176 Å². The number of amides is 3. The molecule has 1 aliphatic carbocycles. The van der Waals surface area contributed by atoms with Crippen molar-refractivity contribution in [1.82, 2.24) is 15.6 Å². The molecule has 1 aliphatic rings. The van der Waals surface area contributed by atoms with Gasteiger partial charge in [0.05, 0.1) is 17.7 Å². The smallest absolute Gasteiger partial charge is 0.253 e. The molecule has 0 bridgehead atoms. The van der Waals surface area contributed by atoms with Gasteiger partial charge in [0.2, 0.25) is 11.8 Å². The third-order valence-corrected chi connectivity index (χ3v) is 5.62. The first kappa shape index (κ1) is 21.6. The van der Waals surface area contributed by atoms with Crippen LogP contribution in [0.3, 0.4) is 0 Å². The molecule has 0 spiro atoms. The molecule has 3 amide bonds. The van der Waals surface area contributed by atoms with E-state index < -0.39 is 42.0 Å². The van der Waals surface area contributed by atoms with Crippen LogP contribution < -0.4 is 16.4 Å². The van der Waals surface area contributed by atoms with E-state index in [-0.39, 0.29) is 24.0 Å². The molecule has 0 aromatic carbocycles. The van der Waals surface area contributed by atoms with Gasteiger partial charge in [-0.1, -0.05) is 12.1 Å². The topological polar surface area (TPSA) is 155 Å². The van der Waals surface area contributed by atoms with Gasteiger partial charge in [-0.2, -0.15) is 0 Å². The molecule has 0 unspecified atom stereocenters. The van der Waals surface area contributed by atoms with Crippen LogP contribution in [0.15, 0.2) is 53.7 Å². The van der Waals surface area contributed by atoms with Crippen LogP contribution in [-0.4, -0.2) is 57.2 Å². The molecule has 2 aromatic rings. The molecular weight excluding hydrogens is 408 g/mol. The maximum Gasteiger partial charge on any atom is 0.253 e. The Hall–Kier alpha value is -3.08. The lowest BCUT2D eigenvalue weighted by Gasteiger charge is -2.31. The predicted molar refractivity (Wildman–Crippen MR) is 109 cm³/mol. The van der Waals surface area contributed by atoms with Crippen molar-refractivity contribution in [3.63, 3.8) is 0 Å². The molecule has 0 saturated heterocycles. The second-order valence-corrected chi connectivity index (χ2v) is 7.94. The Kier molecular flexibility index (Phi) is 6.93. The fourth-order valence-electron chi connectivity index (χ4n) is 3.10. The Bertz CT molecular complexity index is 932. The average molecular weight is 430 g/mol. The molecule has 9 nitrogen and oxygen atoms in total. The monoisotopic (exact) mass is 430 g/mol. The van der Waals surface area contributed by atoms with Crippen LogP contribution in [-0.2, 0) is 16.0 Å². The van der Waals surface area contributed by atoms with Crippen molar-refractivity contribution < 1.29 is 24.6 Å². The molecule has 30 heavy (non-hydrogen) atoms. The molecule has 0 fully saturated rings. The van der Waals surface area contributed by atoms with E-state index in [1.807, 2.05) is 17.5 Å². The summed E-state index contributed by atoms with van der Waals surface area (Å²) in [6.45, 7) is 0. The number of carbonyl (C=O) groups excluding carboxylic acids is 3. The van der Waals surface area contributed by atoms with Crippen molar-refractivity contribution in [2.75, 3.05) is 0 Å². The number of aromatic nitrogens is 1. The highest BCUT2D eigenvalue weighted by Crippen LogP contribution is 2.21. The van der Waals surface area contributed by atoms with Gasteiger partial charge in [-0.15, -0.1) is 11.3 Å². The van der Waals surface area contributed by atoms with Gasteiger partial charge in [0.15, 0.2) is 0 Å². The number of hydrogen-bond donors (Lipinski definition) is 5. The second kappa shape index (κ2) is 9.61. The number of nitrogens with zero attached hydrogens (tertiary/aromatic N) is 1. The first-order valence-electron chi connectivity index (χ1n) is 9.25. The number of aliphatic hydroxyl groups is 2. The van der Waals surface area contributed by atoms with Gasteiger partial charge < -0.3 is 26.6 Å². The zero-order chi connectivity index (χ0) is 21.7. The van der Waals surface area contributed by atoms with Crippen LogP contribution in [0.1, 0.15) is 21.7 Å². The predicted octanol–water partition coefficient (Wildman–Crippen LogP) is -0.494. The lowest BCUT2D eigenvalue weighted by atomic mass is 9.89. The number of nitrogens with one attached hydrogen (secondary N) is 2. The molecule has 10 heteroatoms. The highest BCUT2D eigenvalue weighted by Gasteiger charge is 2.34. The van der Waals surface area contributed by atoms with Crippen molar-refractivity contribution in [2.24, 2.45) is 5.73 Å². The second-order valence-electron chi connectivity index (χ2n) is 6.91. The fourth-order valence-corrected chi connectivity index (χ4v) is 3.85. The van der Waals surface area contributed by atoms with Crippen molar-refractivity contribution >= 4 is 29.1 Å². The molecule has 4 atom stereocenters. The molecule has 0 saturated carbocycles. The van der Waals surface area contributed by atoms with Crippen LogP contribution >= 0.6 is 11.3 Å². The number of aliphatic hydroxyl groups excluding tert-OH is 2. The summed E-state index contributed by atoms with van der Waals surface area (Å²) in [5.41, 5.74) is 5.83. The van der Waals surface area contributed by atoms with E-state index in [4.69, 9.17) is 5.73 Å². The highest BCUT2D eigenvalue weighted by molar-refractivity contribution is 7.09. The zero-order valence-corrected chi connectivity index (χ0v) is 16.7. The molecule has 2 heterocycles. The number of primary amides is 1. The molecule has 2 aromatic heterocycles. The van der Waals surface area contributed by atoms with E-state index in [9.17, 15) is 24.6 Å². The zero-order valence-electron chi connectivity index (χ0n) is 15.9. The first-order valence-corrected chi connectivity index (χ1v) is 10.1. The maximum absolute atomic E-state index is 12.7. The summed E-state index contributed by atoms with van der Waals surface area (Å²) in [6, 6.07) is 4.88. The summed E-state index contributed by atoms with van der Waals surface area (Å²) in [6.07, 6.45) is 1.82. The van der Waals surface area contributed by atoms with Crippen LogP contribution in [0.25, 0.3) is 0 Å². The van der Waals surface area contributed by atoms with Crippen LogP contribution in [0.5, 0.6) is 0 Å². The summed E-state index contributed by atoms with van der Waals surface area (Å²) in [4.78, 5) is 41.6. The summed E-state index contributed by atoms with van der Waals surface area (Å²) < 4.78 is 0. The van der Waals surface area contributed by atoms with E-state index in [0.29, 0.717) is 0 Å². The highest BCUT2D eigenvalue weighted by atomic mass is 32.1. The Balaban J connectivity index is 1.72. The third kappa shape index (κ3) is 5.29. The quantitative estimate of drug-likeness (QED) is 0.399. The fraction of sp³-hybridized carbons (Fsp3) is 0.300. The SMILES string of the molecule is NC(=O)[C@H](Cc1cccs1)NC(=O)C1=C[C@H](NC(=O)c2cccnc2)[C@@H](O)[C@H](O)C1. The summed E-state index contributed by atoms with van der Waals surface area (Å²) in [5, 5.41) is 27.4. The van der Waals surface area contributed by atoms with Gasteiger partial charge in [-0.3, -0.25) is 19.4 Å². The standard InChI is InChI=1S/C20H22N4O5S/c21-18(27)15(9-13-4-2-6-30-13)24-20(29)12-7-14(17(26)16(25)8-12)23-19(28)11-3-1-5-22-10-11/h1-7,10,14-17,25-26H,8-9H2,(H2,21,27)(H,23,28)(H,24,29)/t14-,15-,16+,17+/m0/s1. The first-order chi connectivity index (χ1) is 14.3. The van der Waals surface area contributed by atoms with Crippen LogP contribution in [0.2, 0.25) is 0 Å². The Morgan fingerprint density at radius 2 is 2.03 bits per heavy atom. The Morgan fingerprint density at radius 1 is 1.23 bits per heavy atom.